The van der Waals surface area contributed by atoms with E-state index in [2.05, 4.69) is 93.6 Å². The molecule has 18 heteroatoms. The lowest BCUT2D eigenvalue weighted by Crippen LogP contribution is -2.59. The maximum Gasteiger partial charge on any atom is 0.410 e. The molecule has 5 aliphatic heterocycles. The van der Waals surface area contributed by atoms with Crippen LogP contribution in [0.2, 0.25) is 0 Å². The lowest BCUT2D eigenvalue weighted by Gasteiger charge is -2.43. The van der Waals surface area contributed by atoms with Gasteiger partial charge in [0.1, 0.15) is 16.8 Å². The first-order chi connectivity index (χ1) is 35.5. The van der Waals surface area contributed by atoms with Gasteiger partial charge in [0, 0.05) is 109 Å². The number of carbonyl (C=O) groups is 5. The average molecular weight is 1100 g/mol. The molecule has 18 nitrogen and oxygen atoms in total. The van der Waals surface area contributed by atoms with E-state index < -0.39 is 11.2 Å². The maximum atomic E-state index is 12.2. The highest BCUT2D eigenvalue weighted by Gasteiger charge is 2.54. The predicted octanol–water partition coefficient (Wildman–Crippen LogP) is 10.2. The van der Waals surface area contributed by atoms with E-state index in [-0.39, 0.29) is 46.9 Å². The highest BCUT2D eigenvalue weighted by Crippen LogP contribution is 2.45. The normalized spacial score (nSPS) is 20.7. The Morgan fingerprint density at radius 1 is 0.416 bits per heavy atom. The van der Waals surface area contributed by atoms with Gasteiger partial charge < -0.3 is 43.3 Å². The van der Waals surface area contributed by atoms with Gasteiger partial charge in [-0.15, -0.1) is 0 Å². The van der Waals surface area contributed by atoms with E-state index in [1.807, 2.05) is 79.0 Å². The van der Waals surface area contributed by atoms with Crippen LogP contribution in [0.25, 0.3) is 0 Å². The number of piperazine rings is 3. The van der Waals surface area contributed by atoms with Crippen molar-refractivity contribution >= 4 is 30.3 Å². The van der Waals surface area contributed by atoms with Gasteiger partial charge in [-0.2, -0.15) is 0 Å². The van der Waals surface area contributed by atoms with E-state index in [1.54, 1.807) is 9.80 Å². The van der Waals surface area contributed by atoms with Gasteiger partial charge in [0.2, 0.25) is 0 Å². The number of esters is 1. The molecule has 0 radical (unpaired) electrons. The Hall–Kier alpha value is -3.61. The average Bonchev–Trinajstić information content (AvgIpc) is 4.11. The second-order valence-electron chi connectivity index (χ2n) is 26.8. The van der Waals surface area contributed by atoms with E-state index in [0.29, 0.717) is 24.2 Å². The summed E-state index contributed by atoms with van der Waals surface area (Å²) in [7, 11) is 2.90. The number of methoxy groups -OCH3 is 2. The Morgan fingerprint density at radius 2 is 0.753 bits per heavy atom. The summed E-state index contributed by atoms with van der Waals surface area (Å²) in [6, 6.07) is 2.26. The molecule has 77 heavy (non-hydrogen) atoms. The largest absolute Gasteiger partial charge is 0.469 e. The third-order valence-electron chi connectivity index (χ3n) is 15.5. The van der Waals surface area contributed by atoms with E-state index in [0.717, 1.165) is 149 Å². The van der Waals surface area contributed by atoms with Gasteiger partial charge in [-0.25, -0.2) is 19.2 Å². The number of likely N-dealkylation sites (tertiary alicyclic amines) is 2. The molecule has 1 aliphatic carbocycles. The summed E-state index contributed by atoms with van der Waals surface area (Å²) >= 11 is 0. The maximum absolute atomic E-state index is 12.2. The van der Waals surface area contributed by atoms with Gasteiger partial charge in [0.15, 0.2) is 0 Å². The number of hydrogen-bond donors (Lipinski definition) is 0. The molecule has 0 N–H and O–H groups in total. The number of nitrogens with zero attached hydrogens (tertiary/aromatic N) is 8. The van der Waals surface area contributed by atoms with Crippen molar-refractivity contribution in [3.05, 3.63) is 0 Å². The van der Waals surface area contributed by atoms with Crippen molar-refractivity contribution in [3.63, 3.8) is 0 Å². The second kappa shape index (κ2) is 30.8. The number of ether oxygens (including phenoxy) is 5. The predicted molar refractivity (Wildman–Crippen MR) is 308 cm³/mol. The zero-order valence-electron chi connectivity index (χ0n) is 53.0. The van der Waals surface area contributed by atoms with Crippen LogP contribution in [0.4, 0.5) is 19.2 Å². The topological polar surface area (TPSA) is 157 Å². The van der Waals surface area contributed by atoms with Crippen molar-refractivity contribution in [1.29, 1.82) is 0 Å². The first-order valence-electron chi connectivity index (χ1n) is 29.3. The van der Waals surface area contributed by atoms with E-state index >= 15 is 0 Å². The highest BCUT2D eigenvalue weighted by molar-refractivity contribution is 5.76. The summed E-state index contributed by atoms with van der Waals surface area (Å²) in [5, 5.41) is 0. The van der Waals surface area contributed by atoms with Gasteiger partial charge >= 0.3 is 30.3 Å². The first-order valence-corrected chi connectivity index (χ1v) is 29.3. The minimum absolute atomic E-state index is 0.0547. The molecule has 6 aliphatic rings. The van der Waals surface area contributed by atoms with Crippen LogP contribution in [0.1, 0.15) is 177 Å². The zero-order chi connectivity index (χ0) is 58.9. The van der Waals surface area contributed by atoms with E-state index in [1.165, 1.54) is 14.2 Å². The molecule has 6 rings (SSSR count). The number of hydrogen-bond acceptors (Lipinski definition) is 14. The number of amides is 4. The molecule has 0 unspecified atom stereocenters. The van der Waals surface area contributed by atoms with Crippen LogP contribution in [-0.4, -0.2) is 228 Å². The lowest BCUT2D eigenvalue weighted by atomic mass is 9.80. The Labute approximate surface area is 468 Å². The molecule has 1 spiro atoms. The lowest BCUT2D eigenvalue weighted by molar-refractivity contribution is -0.154. The molecule has 0 atom stereocenters. The number of rotatable bonds is 6. The molecular weight excluding hydrogens is 981 g/mol. The van der Waals surface area contributed by atoms with Crippen LogP contribution in [0, 0.1) is 17.3 Å². The number of piperidine rings is 2. The van der Waals surface area contributed by atoms with Crippen LogP contribution in [-0.2, 0) is 28.5 Å². The molecule has 5 saturated heterocycles. The van der Waals surface area contributed by atoms with Crippen molar-refractivity contribution in [2.45, 2.75) is 224 Å². The molecule has 0 aromatic carbocycles. The molecular formula is C59H114N8O10. The monoisotopic (exact) mass is 1090 g/mol. The van der Waals surface area contributed by atoms with E-state index in [4.69, 9.17) is 18.9 Å². The summed E-state index contributed by atoms with van der Waals surface area (Å²) in [6.45, 7) is 54.6. The SMILES string of the molecule is CC(C)C1CCN(C(=O)OC(C)(C)C)CC1.CC(C)N1CCN(C(=O)OC(C)(C)C)C2(CC2)C1.CC(C)N1CCN(C(=O)OC(C)(C)C)CC1.COC(=O)C1(C)CCN(C(C)C)CC1.COC(=O)N1CCN(C(C)C)CC1. The van der Waals surface area contributed by atoms with Crippen LogP contribution < -0.4 is 0 Å². The Morgan fingerprint density at radius 3 is 1.08 bits per heavy atom. The van der Waals surface area contributed by atoms with Crippen LogP contribution >= 0.6 is 0 Å². The molecule has 1 saturated carbocycles. The van der Waals surface area contributed by atoms with Crippen LogP contribution in [0.5, 0.6) is 0 Å². The minimum atomic E-state index is -0.400. The van der Waals surface area contributed by atoms with Crippen LogP contribution in [0.3, 0.4) is 0 Å². The van der Waals surface area contributed by atoms with Crippen molar-refractivity contribution in [2.24, 2.45) is 17.3 Å². The fourth-order valence-electron chi connectivity index (χ4n) is 9.98. The molecule has 6 fully saturated rings. The molecule has 0 aromatic heterocycles. The van der Waals surface area contributed by atoms with Crippen molar-refractivity contribution in [3.8, 4) is 0 Å². The fraction of sp³-hybridized carbons (Fsp3) is 0.915. The number of carbonyl (C=O) groups excluding carboxylic acids is 5. The first kappa shape index (κ1) is 69.5. The molecule has 4 amide bonds. The summed E-state index contributed by atoms with van der Waals surface area (Å²) in [5.41, 5.74) is -1.36. The van der Waals surface area contributed by atoms with Crippen LogP contribution in [0.15, 0.2) is 0 Å². The highest BCUT2D eigenvalue weighted by atomic mass is 16.6. The summed E-state index contributed by atoms with van der Waals surface area (Å²) in [4.78, 5) is 75.4. The zero-order valence-corrected chi connectivity index (χ0v) is 53.0. The fourth-order valence-corrected chi connectivity index (χ4v) is 9.98. The molecule has 450 valence electrons. The summed E-state index contributed by atoms with van der Waals surface area (Å²) in [6.07, 6.45) is 5.60. The molecule has 5 heterocycles. The Balaban J connectivity index is 0.000000331. The molecule has 0 aromatic rings. The Kier molecular flexibility index (Phi) is 27.8. The van der Waals surface area contributed by atoms with Gasteiger partial charge in [-0.1, -0.05) is 13.8 Å². The van der Waals surface area contributed by atoms with Gasteiger partial charge in [-0.3, -0.25) is 24.4 Å². The van der Waals surface area contributed by atoms with Crippen molar-refractivity contribution < 1.29 is 47.7 Å². The standard InChI is InChI=1S/C14H26N2O2.C13H25NO2.C12H24N2O2.C11H21NO2.C9H18N2O2/c1-11(2)15-8-9-16(14(10-15)6-7-14)12(17)18-13(3,4)5;1-10(2)11-6-8-14(9-7-11)12(15)16-13(3,4)5;1-10(2)13-6-8-14(9-7-13)11(15)16-12(3,4)5;1-9(2)12-7-5-11(3,6-8-12)10(13)14-4;1-8(2)10-4-6-11(7-5-10)9(12)13-3/h11H,6-10H2,1-5H3;10-11H,6-9H2,1-5H3;10H,6-9H2,1-5H3;9H,5-8H2,1-4H3;8H,4-7H2,1-3H3. The molecule has 0 bridgehead atoms. The summed E-state index contributed by atoms with van der Waals surface area (Å²) < 4.78 is 25.7. The van der Waals surface area contributed by atoms with Gasteiger partial charge in [0.05, 0.1) is 25.2 Å². The minimum Gasteiger partial charge on any atom is -0.469 e. The van der Waals surface area contributed by atoms with E-state index in [9.17, 15) is 24.0 Å². The van der Waals surface area contributed by atoms with Crippen molar-refractivity contribution in [1.82, 2.24) is 39.2 Å². The third kappa shape index (κ3) is 24.7. The summed E-state index contributed by atoms with van der Waals surface area (Å²) in [5.74, 6) is 1.43. The van der Waals surface area contributed by atoms with Crippen molar-refractivity contribution in [2.75, 3.05) is 112 Å². The Bertz CT molecular complexity index is 1720. The third-order valence-corrected chi connectivity index (χ3v) is 15.5. The quantitative estimate of drug-likeness (QED) is 0.183. The van der Waals surface area contributed by atoms with Gasteiger partial charge in [-0.05, 0) is 188 Å². The van der Waals surface area contributed by atoms with Gasteiger partial charge in [0.25, 0.3) is 0 Å². The smallest absolute Gasteiger partial charge is 0.410 e. The second-order valence-corrected chi connectivity index (χ2v) is 26.8.